The van der Waals surface area contributed by atoms with Crippen LogP contribution in [0.1, 0.15) is 33.1 Å². The number of halogens is 1. The van der Waals surface area contributed by atoms with E-state index in [1.807, 2.05) is 32.0 Å². The zero-order chi connectivity index (χ0) is 18.3. The van der Waals surface area contributed by atoms with E-state index in [9.17, 15) is 9.18 Å². The summed E-state index contributed by atoms with van der Waals surface area (Å²) in [7, 11) is 0. The molecule has 132 valence electrons. The summed E-state index contributed by atoms with van der Waals surface area (Å²) in [6.07, 6.45) is 1.57. The Labute approximate surface area is 154 Å². The molecule has 5 nitrogen and oxygen atoms in total. The molecule has 7 heteroatoms. The number of hydrogen-bond donors (Lipinski definition) is 1. The van der Waals surface area contributed by atoms with Crippen LogP contribution >= 0.6 is 11.8 Å². The maximum absolute atomic E-state index is 13.3. The van der Waals surface area contributed by atoms with Gasteiger partial charge in [0, 0.05) is 5.56 Å². The Morgan fingerprint density at radius 2 is 1.92 bits per heavy atom. The zero-order valence-electron chi connectivity index (χ0n) is 14.3. The summed E-state index contributed by atoms with van der Waals surface area (Å²) < 4.78 is 15.0. The van der Waals surface area contributed by atoms with Crippen molar-refractivity contribution in [1.29, 1.82) is 0 Å². The summed E-state index contributed by atoms with van der Waals surface area (Å²) in [5, 5.41) is 8.15. The number of aromatic nitrogens is 3. The average Bonchev–Trinajstić information content (AvgIpc) is 3.10. The highest BCUT2D eigenvalue weighted by atomic mass is 32.2. The smallest absolute Gasteiger partial charge is 0.210 e. The molecule has 3 aromatic rings. The third kappa shape index (κ3) is 2.99. The van der Waals surface area contributed by atoms with Crippen LogP contribution < -0.4 is 5.43 Å². The predicted molar refractivity (Wildman–Crippen MR) is 98.4 cm³/mol. The van der Waals surface area contributed by atoms with E-state index in [0.29, 0.717) is 10.7 Å². The van der Waals surface area contributed by atoms with E-state index < -0.39 is 5.25 Å². The van der Waals surface area contributed by atoms with Crippen molar-refractivity contribution < 1.29 is 9.18 Å². The normalized spacial score (nSPS) is 18.9. The van der Waals surface area contributed by atoms with Gasteiger partial charge in [-0.05, 0) is 48.7 Å². The fourth-order valence-electron chi connectivity index (χ4n) is 2.98. The third-order valence-corrected chi connectivity index (χ3v) is 5.84. The summed E-state index contributed by atoms with van der Waals surface area (Å²) in [5.74, 6) is -0.298. The molecule has 2 heterocycles. The Balaban J connectivity index is 1.73. The average molecular weight is 368 g/mol. The van der Waals surface area contributed by atoms with Crippen molar-refractivity contribution in [3.05, 3.63) is 76.9 Å². The van der Waals surface area contributed by atoms with Crippen molar-refractivity contribution in [3.63, 3.8) is 0 Å². The van der Waals surface area contributed by atoms with E-state index in [4.69, 9.17) is 0 Å². The Hall–Kier alpha value is -2.67. The Morgan fingerprint density at radius 1 is 1.15 bits per heavy atom. The molecule has 0 spiro atoms. The minimum atomic E-state index is -0.431. The van der Waals surface area contributed by atoms with Gasteiger partial charge >= 0.3 is 0 Å². The monoisotopic (exact) mass is 368 g/mol. The summed E-state index contributed by atoms with van der Waals surface area (Å²) in [5.41, 5.74) is 6.98. The molecule has 1 aliphatic heterocycles. The minimum absolute atomic E-state index is 0.00850. The lowest BCUT2D eigenvalue weighted by Gasteiger charge is -2.32. The van der Waals surface area contributed by atoms with Crippen molar-refractivity contribution in [2.45, 2.75) is 30.3 Å². The molecule has 1 aliphatic rings. The van der Waals surface area contributed by atoms with Crippen molar-refractivity contribution >= 4 is 17.5 Å². The predicted octanol–water partition coefficient (Wildman–Crippen LogP) is 3.68. The molecule has 2 aromatic carbocycles. The second-order valence-electron chi connectivity index (χ2n) is 6.34. The first-order valence-corrected chi connectivity index (χ1v) is 9.11. The van der Waals surface area contributed by atoms with Crippen LogP contribution in [-0.4, -0.2) is 25.9 Å². The Bertz CT molecular complexity index is 970. The van der Waals surface area contributed by atoms with Crippen LogP contribution in [-0.2, 0) is 0 Å². The van der Waals surface area contributed by atoms with Crippen LogP contribution in [0, 0.1) is 19.7 Å². The summed E-state index contributed by atoms with van der Waals surface area (Å²) >= 11 is 1.37. The summed E-state index contributed by atoms with van der Waals surface area (Å²) in [6.45, 7) is 4.01. The summed E-state index contributed by atoms with van der Waals surface area (Å²) in [4.78, 5) is 13.3. The molecular formula is C19H17FN4OS. The molecule has 0 saturated carbocycles. The highest BCUT2D eigenvalue weighted by Crippen LogP contribution is 2.38. The molecule has 1 aromatic heterocycles. The first-order valence-electron chi connectivity index (χ1n) is 8.23. The third-order valence-electron chi connectivity index (χ3n) is 4.61. The highest BCUT2D eigenvalue weighted by Gasteiger charge is 2.37. The number of thioether (sulfide) groups is 1. The second-order valence-corrected chi connectivity index (χ2v) is 7.45. The molecule has 0 radical (unpaired) electrons. The molecule has 0 aliphatic carbocycles. The van der Waals surface area contributed by atoms with Gasteiger partial charge in [-0.2, -0.15) is 0 Å². The molecule has 4 rings (SSSR count). The number of Topliss-reactive ketones (excluding diaryl/α,β-unsaturated/α-hetero) is 1. The van der Waals surface area contributed by atoms with Gasteiger partial charge in [-0.15, -0.1) is 10.2 Å². The summed E-state index contributed by atoms with van der Waals surface area (Å²) in [6, 6.07) is 11.6. The maximum Gasteiger partial charge on any atom is 0.210 e. The number of benzene rings is 2. The van der Waals surface area contributed by atoms with E-state index in [0.717, 1.165) is 16.7 Å². The number of carbonyl (C=O) groups is 1. The van der Waals surface area contributed by atoms with Gasteiger partial charge in [0.25, 0.3) is 0 Å². The van der Waals surface area contributed by atoms with Gasteiger partial charge in [0.15, 0.2) is 5.78 Å². The van der Waals surface area contributed by atoms with Crippen LogP contribution in [0.5, 0.6) is 0 Å². The minimum Gasteiger partial charge on any atom is -0.313 e. The van der Waals surface area contributed by atoms with E-state index in [2.05, 4.69) is 15.6 Å². The molecule has 0 unspecified atom stereocenters. The van der Waals surface area contributed by atoms with Crippen LogP contribution in [0.15, 0.2) is 53.9 Å². The number of aryl methyl sites for hydroxylation is 2. The lowest BCUT2D eigenvalue weighted by atomic mass is 9.96. The molecule has 0 saturated heterocycles. The van der Waals surface area contributed by atoms with Crippen LogP contribution in [0.4, 0.5) is 4.39 Å². The number of nitrogens with one attached hydrogen (secondary N) is 1. The van der Waals surface area contributed by atoms with Gasteiger partial charge in [0.05, 0.1) is 6.04 Å². The number of nitrogens with zero attached hydrogens (tertiary/aromatic N) is 3. The van der Waals surface area contributed by atoms with Gasteiger partial charge in [0.2, 0.25) is 5.16 Å². The Morgan fingerprint density at radius 3 is 2.65 bits per heavy atom. The van der Waals surface area contributed by atoms with Crippen molar-refractivity contribution in [2.75, 3.05) is 5.43 Å². The fraction of sp³-hybridized carbons (Fsp3) is 0.211. The number of ketones is 1. The molecule has 0 bridgehead atoms. The van der Waals surface area contributed by atoms with Gasteiger partial charge in [-0.3, -0.25) is 4.79 Å². The Kier molecular flexibility index (Phi) is 4.24. The van der Waals surface area contributed by atoms with E-state index in [1.54, 1.807) is 23.1 Å². The number of carbonyl (C=O) groups excluding carboxylic acids is 1. The van der Waals surface area contributed by atoms with Crippen LogP contribution in [0.2, 0.25) is 0 Å². The van der Waals surface area contributed by atoms with Crippen molar-refractivity contribution in [2.24, 2.45) is 0 Å². The fourth-order valence-corrected chi connectivity index (χ4v) is 4.11. The SMILES string of the molecule is Cc1ccc(C(=O)[C@H]2Sc3nncn3N[C@@H]2c2ccc(F)cc2)cc1C. The number of fused-ring (bicyclic) bond motifs is 1. The highest BCUT2D eigenvalue weighted by molar-refractivity contribution is 8.00. The molecule has 1 N–H and O–H groups in total. The maximum atomic E-state index is 13.3. The second kappa shape index (κ2) is 6.57. The van der Waals surface area contributed by atoms with E-state index >= 15 is 0 Å². The number of rotatable bonds is 3. The quantitative estimate of drug-likeness (QED) is 0.715. The largest absolute Gasteiger partial charge is 0.313 e. The van der Waals surface area contributed by atoms with Crippen molar-refractivity contribution in [1.82, 2.24) is 14.9 Å². The van der Waals surface area contributed by atoms with Crippen LogP contribution in [0.3, 0.4) is 0 Å². The zero-order valence-corrected chi connectivity index (χ0v) is 15.1. The molecule has 0 fully saturated rings. The topological polar surface area (TPSA) is 59.8 Å². The molecule has 2 atom stereocenters. The first kappa shape index (κ1) is 16.8. The molecule has 0 amide bonds. The molecular weight excluding hydrogens is 351 g/mol. The standard InChI is InChI=1S/C19H17FN4OS/c1-11-3-4-14(9-12(11)2)17(25)18-16(13-5-7-15(20)8-6-13)23-24-10-21-22-19(24)26-18/h3-10,16,18,23H,1-2H3/t16-,18+/m1/s1. The molecule has 26 heavy (non-hydrogen) atoms. The van der Waals surface area contributed by atoms with Gasteiger partial charge in [-0.1, -0.05) is 36.0 Å². The van der Waals surface area contributed by atoms with E-state index in [1.165, 1.54) is 23.9 Å². The van der Waals surface area contributed by atoms with Crippen LogP contribution in [0.25, 0.3) is 0 Å². The van der Waals surface area contributed by atoms with Gasteiger partial charge in [0.1, 0.15) is 17.4 Å². The van der Waals surface area contributed by atoms with E-state index in [-0.39, 0.29) is 17.6 Å². The lowest BCUT2D eigenvalue weighted by molar-refractivity contribution is 0.0980. The van der Waals surface area contributed by atoms with Crippen molar-refractivity contribution in [3.8, 4) is 0 Å². The number of hydrogen-bond acceptors (Lipinski definition) is 5. The first-order chi connectivity index (χ1) is 12.5. The van der Waals surface area contributed by atoms with Gasteiger partial charge in [-0.25, -0.2) is 9.07 Å². The van der Waals surface area contributed by atoms with Gasteiger partial charge < -0.3 is 5.43 Å². The lowest BCUT2D eigenvalue weighted by Crippen LogP contribution is -2.38.